The molecule has 0 amide bonds. The number of hydrogen-bond acceptors (Lipinski definition) is 2. The molecule has 0 aliphatic carbocycles. The molecule has 0 aromatic heterocycles. The first-order valence-electron chi connectivity index (χ1n) is 5.53. The molecule has 0 heterocycles. The van der Waals surface area contributed by atoms with Gasteiger partial charge in [0.15, 0.2) is 0 Å². The topological polar surface area (TPSA) is 46.2 Å². The molecule has 0 bridgehead atoms. The van der Waals surface area contributed by atoms with E-state index in [0.717, 1.165) is 22.4 Å². The van der Waals surface area contributed by atoms with Crippen molar-refractivity contribution in [3.8, 4) is 11.1 Å². The molecule has 17 heavy (non-hydrogen) atoms. The molecular formula is C15H15NO. The highest BCUT2D eigenvalue weighted by Crippen LogP contribution is 2.21. The summed E-state index contributed by atoms with van der Waals surface area (Å²) < 4.78 is 0. The first-order valence-corrected chi connectivity index (χ1v) is 5.53. The molecule has 0 radical (unpaired) electrons. The van der Waals surface area contributed by atoms with Crippen molar-refractivity contribution in [3.05, 3.63) is 60.2 Å². The average Bonchev–Trinajstić information content (AvgIpc) is 2.37. The molecule has 0 fully saturated rings. The predicted molar refractivity (Wildman–Crippen MR) is 72.4 cm³/mol. The van der Waals surface area contributed by atoms with E-state index in [0.29, 0.717) is 0 Å². The van der Waals surface area contributed by atoms with Crippen molar-refractivity contribution >= 4 is 11.8 Å². The van der Waals surface area contributed by atoms with E-state index in [1.807, 2.05) is 42.5 Å². The molecular weight excluding hydrogens is 210 g/mol. The van der Waals surface area contributed by atoms with Gasteiger partial charge in [-0.15, -0.1) is 0 Å². The molecule has 0 unspecified atom stereocenters. The van der Waals surface area contributed by atoms with Gasteiger partial charge in [-0.1, -0.05) is 42.5 Å². The summed E-state index contributed by atoms with van der Waals surface area (Å²) in [6.07, 6.45) is 3.63. The fourth-order valence-corrected chi connectivity index (χ4v) is 1.69. The second-order valence-electron chi connectivity index (χ2n) is 3.83. The third-order valence-electron chi connectivity index (χ3n) is 2.55. The van der Waals surface area contributed by atoms with Gasteiger partial charge in [-0.25, -0.2) is 0 Å². The van der Waals surface area contributed by atoms with E-state index in [-0.39, 0.29) is 6.61 Å². The Labute approximate surface area is 101 Å². The first kappa shape index (κ1) is 11.4. The second-order valence-corrected chi connectivity index (χ2v) is 3.83. The van der Waals surface area contributed by atoms with Gasteiger partial charge in [0.25, 0.3) is 0 Å². The highest BCUT2D eigenvalue weighted by Gasteiger charge is 1.97. The van der Waals surface area contributed by atoms with Crippen molar-refractivity contribution in [1.82, 2.24) is 0 Å². The van der Waals surface area contributed by atoms with Gasteiger partial charge in [0.1, 0.15) is 0 Å². The van der Waals surface area contributed by atoms with Crippen LogP contribution in [0.4, 0.5) is 5.69 Å². The van der Waals surface area contributed by atoms with E-state index < -0.39 is 0 Å². The number of nitrogens with two attached hydrogens (primary N) is 1. The molecule has 0 aliphatic rings. The van der Waals surface area contributed by atoms with Gasteiger partial charge in [-0.05, 0) is 34.9 Å². The molecule has 0 spiro atoms. The quantitative estimate of drug-likeness (QED) is 0.789. The first-order chi connectivity index (χ1) is 8.29. The van der Waals surface area contributed by atoms with Crippen LogP contribution in [0.5, 0.6) is 0 Å². The Bertz CT molecular complexity index is 515. The Kier molecular flexibility index (Phi) is 3.58. The van der Waals surface area contributed by atoms with Crippen LogP contribution in [0.3, 0.4) is 0 Å². The predicted octanol–water partition coefficient (Wildman–Crippen LogP) is 2.94. The van der Waals surface area contributed by atoms with E-state index in [4.69, 9.17) is 10.8 Å². The van der Waals surface area contributed by atoms with Gasteiger partial charge in [0, 0.05) is 5.69 Å². The Morgan fingerprint density at radius 1 is 1.00 bits per heavy atom. The van der Waals surface area contributed by atoms with Crippen molar-refractivity contribution in [2.45, 2.75) is 0 Å². The molecule has 0 saturated carbocycles. The zero-order valence-corrected chi connectivity index (χ0v) is 9.51. The lowest BCUT2D eigenvalue weighted by Gasteiger charge is -2.03. The maximum Gasteiger partial charge on any atom is 0.0615 e. The molecule has 0 saturated heterocycles. The maximum atomic E-state index is 8.74. The third-order valence-corrected chi connectivity index (χ3v) is 2.55. The number of aliphatic hydroxyl groups is 1. The minimum Gasteiger partial charge on any atom is -0.399 e. The van der Waals surface area contributed by atoms with Crippen LogP contribution >= 0.6 is 0 Å². The molecule has 86 valence electrons. The zero-order chi connectivity index (χ0) is 12.1. The van der Waals surface area contributed by atoms with Crippen LogP contribution in [0.15, 0.2) is 54.6 Å². The molecule has 0 atom stereocenters. The molecule has 2 nitrogen and oxygen atoms in total. The van der Waals surface area contributed by atoms with Crippen LogP contribution in [0.25, 0.3) is 17.2 Å². The normalized spacial score (nSPS) is 10.9. The number of hydrogen-bond donors (Lipinski definition) is 2. The highest BCUT2D eigenvalue weighted by atomic mass is 16.2. The van der Waals surface area contributed by atoms with Gasteiger partial charge in [0.2, 0.25) is 0 Å². The third kappa shape index (κ3) is 2.95. The van der Waals surface area contributed by atoms with Crippen LogP contribution in [-0.2, 0) is 0 Å². The van der Waals surface area contributed by atoms with Gasteiger partial charge in [-0.2, -0.15) is 0 Å². The summed E-state index contributed by atoms with van der Waals surface area (Å²) in [5, 5.41) is 8.74. The summed E-state index contributed by atoms with van der Waals surface area (Å²) in [5.74, 6) is 0. The number of anilines is 1. The zero-order valence-electron chi connectivity index (χ0n) is 9.51. The summed E-state index contributed by atoms with van der Waals surface area (Å²) in [6.45, 7) is 0.0616. The van der Waals surface area contributed by atoms with Crippen molar-refractivity contribution in [2.24, 2.45) is 0 Å². The summed E-state index contributed by atoms with van der Waals surface area (Å²) in [4.78, 5) is 0. The average molecular weight is 225 g/mol. The number of rotatable bonds is 3. The minimum absolute atomic E-state index is 0.0616. The van der Waals surface area contributed by atoms with E-state index in [2.05, 4.69) is 12.1 Å². The maximum absolute atomic E-state index is 8.74. The Balaban J connectivity index is 2.32. The Morgan fingerprint density at radius 2 is 1.76 bits per heavy atom. The number of benzene rings is 2. The Hall–Kier alpha value is -2.06. The molecule has 2 aromatic rings. The van der Waals surface area contributed by atoms with Gasteiger partial charge >= 0.3 is 0 Å². The van der Waals surface area contributed by atoms with Crippen molar-refractivity contribution in [3.63, 3.8) is 0 Å². The SMILES string of the molecule is Nc1ccc(-c2cccc(C=CCO)c2)cc1. The molecule has 2 aromatic carbocycles. The van der Waals surface area contributed by atoms with Crippen LogP contribution in [0, 0.1) is 0 Å². The second kappa shape index (κ2) is 5.32. The van der Waals surface area contributed by atoms with Crippen LogP contribution in [-0.4, -0.2) is 11.7 Å². The summed E-state index contributed by atoms with van der Waals surface area (Å²) in [6, 6.07) is 15.9. The molecule has 0 aliphatic heterocycles. The number of aliphatic hydroxyl groups excluding tert-OH is 1. The van der Waals surface area contributed by atoms with Gasteiger partial charge in [0.05, 0.1) is 6.61 Å². The van der Waals surface area contributed by atoms with Crippen molar-refractivity contribution in [2.75, 3.05) is 12.3 Å². The van der Waals surface area contributed by atoms with E-state index in [1.165, 1.54) is 0 Å². The Morgan fingerprint density at radius 3 is 2.47 bits per heavy atom. The van der Waals surface area contributed by atoms with Gasteiger partial charge < -0.3 is 10.8 Å². The van der Waals surface area contributed by atoms with E-state index in [1.54, 1.807) is 6.08 Å². The lowest BCUT2D eigenvalue weighted by Crippen LogP contribution is -1.84. The largest absolute Gasteiger partial charge is 0.399 e. The molecule has 2 heteroatoms. The monoisotopic (exact) mass is 225 g/mol. The lowest BCUT2D eigenvalue weighted by atomic mass is 10.0. The van der Waals surface area contributed by atoms with Crippen LogP contribution in [0.2, 0.25) is 0 Å². The van der Waals surface area contributed by atoms with E-state index in [9.17, 15) is 0 Å². The van der Waals surface area contributed by atoms with Gasteiger partial charge in [-0.3, -0.25) is 0 Å². The number of nitrogen functional groups attached to an aromatic ring is 1. The fourth-order valence-electron chi connectivity index (χ4n) is 1.69. The summed E-state index contributed by atoms with van der Waals surface area (Å²) >= 11 is 0. The molecule has 2 rings (SSSR count). The standard InChI is InChI=1S/C15H15NO/c16-15-8-6-13(7-9-15)14-5-1-3-12(11-14)4-2-10-17/h1-9,11,17H,10,16H2. The van der Waals surface area contributed by atoms with Crippen LogP contribution < -0.4 is 5.73 Å². The van der Waals surface area contributed by atoms with Crippen molar-refractivity contribution < 1.29 is 5.11 Å². The van der Waals surface area contributed by atoms with Crippen molar-refractivity contribution in [1.29, 1.82) is 0 Å². The highest BCUT2D eigenvalue weighted by molar-refractivity contribution is 5.68. The fraction of sp³-hybridized carbons (Fsp3) is 0.0667. The lowest BCUT2D eigenvalue weighted by molar-refractivity contribution is 0.343. The summed E-state index contributed by atoms with van der Waals surface area (Å²) in [5.41, 5.74) is 9.79. The smallest absolute Gasteiger partial charge is 0.0615 e. The minimum atomic E-state index is 0.0616. The van der Waals surface area contributed by atoms with E-state index >= 15 is 0 Å². The molecule has 3 N–H and O–H groups in total. The summed E-state index contributed by atoms with van der Waals surface area (Å²) in [7, 11) is 0. The van der Waals surface area contributed by atoms with Crippen LogP contribution in [0.1, 0.15) is 5.56 Å².